The first-order valence-corrected chi connectivity index (χ1v) is 9.25. The zero-order valence-electron chi connectivity index (χ0n) is 14.8. The van der Waals surface area contributed by atoms with Crippen molar-refractivity contribution in [3.63, 3.8) is 0 Å². The summed E-state index contributed by atoms with van der Waals surface area (Å²) in [6.45, 7) is 3.83. The van der Waals surface area contributed by atoms with Crippen LogP contribution >= 0.6 is 0 Å². The van der Waals surface area contributed by atoms with Crippen molar-refractivity contribution < 1.29 is 9.32 Å². The van der Waals surface area contributed by atoms with Crippen LogP contribution in [0.4, 0.5) is 5.95 Å². The third kappa shape index (κ3) is 3.36. The summed E-state index contributed by atoms with van der Waals surface area (Å²) in [4.78, 5) is 33.8. The molecule has 1 saturated heterocycles. The number of rotatable bonds is 5. The van der Waals surface area contributed by atoms with Gasteiger partial charge in [-0.2, -0.15) is 0 Å². The first-order chi connectivity index (χ1) is 12.6. The Morgan fingerprint density at radius 3 is 2.81 bits per heavy atom. The molecule has 2 fully saturated rings. The number of hydrogen-bond donors (Lipinski definition) is 2. The summed E-state index contributed by atoms with van der Waals surface area (Å²) in [6.07, 6.45) is 4.54. The molecule has 1 saturated carbocycles. The topological polar surface area (TPSA) is 104 Å². The SMILES string of the molecule is CCc1cc(C(=O)NC2CC(c3cc(=O)[nH]c(N4CCCC4)n3)C2)on1. The van der Waals surface area contributed by atoms with E-state index in [1.54, 1.807) is 12.1 Å². The molecular formula is C18H23N5O3. The van der Waals surface area contributed by atoms with Crippen molar-refractivity contribution in [2.45, 2.75) is 51.0 Å². The predicted molar refractivity (Wildman–Crippen MR) is 95.4 cm³/mol. The quantitative estimate of drug-likeness (QED) is 0.842. The maximum atomic E-state index is 12.2. The summed E-state index contributed by atoms with van der Waals surface area (Å²) < 4.78 is 5.06. The molecule has 26 heavy (non-hydrogen) atoms. The Morgan fingerprint density at radius 2 is 2.12 bits per heavy atom. The second-order valence-corrected chi connectivity index (χ2v) is 7.06. The smallest absolute Gasteiger partial charge is 0.290 e. The van der Waals surface area contributed by atoms with E-state index in [9.17, 15) is 9.59 Å². The number of carbonyl (C=O) groups excluding carboxylic acids is 1. The molecule has 138 valence electrons. The number of hydrogen-bond acceptors (Lipinski definition) is 6. The van der Waals surface area contributed by atoms with Gasteiger partial charge >= 0.3 is 0 Å². The Hall–Kier alpha value is -2.64. The number of aryl methyl sites for hydroxylation is 1. The van der Waals surface area contributed by atoms with Crippen LogP contribution < -0.4 is 15.8 Å². The van der Waals surface area contributed by atoms with Crippen LogP contribution in [0.1, 0.15) is 60.5 Å². The molecular weight excluding hydrogens is 334 g/mol. The van der Waals surface area contributed by atoms with Gasteiger partial charge in [0.15, 0.2) is 0 Å². The van der Waals surface area contributed by atoms with Crippen LogP contribution in [0, 0.1) is 0 Å². The zero-order valence-corrected chi connectivity index (χ0v) is 14.8. The first-order valence-electron chi connectivity index (χ1n) is 9.25. The van der Waals surface area contributed by atoms with Crippen molar-refractivity contribution in [2.24, 2.45) is 0 Å². The number of aromatic nitrogens is 3. The summed E-state index contributed by atoms with van der Waals surface area (Å²) >= 11 is 0. The third-order valence-electron chi connectivity index (χ3n) is 5.19. The van der Waals surface area contributed by atoms with Gasteiger partial charge < -0.3 is 14.7 Å². The number of carbonyl (C=O) groups is 1. The van der Waals surface area contributed by atoms with E-state index in [0.717, 1.165) is 56.6 Å². The van der Waals surface area contributed by atoms with Crippen molar-refractivity contribution in [1.29, 1.82) is 0 Å². The van der Waals surface area contributed by atoms with Gasteiger partial charge in [0.2, 0.25) is 11.7 Å². The van der Waals surface area contributed by atoms with Gasteiger partial charge in [-0.15, -0.1) is 0 Å². The van der Waals surface area contributed by atoms with E-state index in [1.165, 1.54) is 0 Å². The first kappa shape index (κ1) is 16.8. The Labute approximate surface area is 151 Å². The minimum absolute atomic E-state index is 0.0685. The summed E-state index contributed by atoms with van der Waals surface area (Å²) in [5, 5.41) is 6.80. The van der Waals surface area contributed by atoms with Gasteiger partial charge in [-0.05, 0) is 32.1 Å². The molecule has 0 radical (unpaired) electrons. The predicted octanol–water partition coefficient (Wildman–Crippen LogP) is 1.60. The standard InChI is InChI=1S/C18H23N5O3/c1-2-12-9-15(26-22-12)17(25)19-13-7-11(8-13)14-10-16(24)21-18(20-14)23-5-3-4-6-23/h9-11,13H,2-8H2,1H3,(H,19,25)(H,20,21,24). The minimum atomic E-state index is -0.239. The van der Waals surface area contributed by atoms with Gasteiger partial charge in [-0.25, -0.2) is 4.98 Å². The highest BCUT2D eigenvalue weighted by molar-refractivity contribution is 5.91. The van der Waals surface area contributed by atoms with Crippen molar-refractivity contribution in [2.75, 3.05) is 18.0 Å². The van der Waals surface area contributed by atoms with Crippen molar-refractivity contribution >= 4 is 11.9 Å². The Morgan fingerprint density at radius 1 is 1.35 bits per heavy atom. The van der Waals surface area contributed by atoms with E-state index in [1.807, 2.05) is 6.92 Å². The molecule has 1 amide bonds. The highest BCUT2D eigenvalue weighted by Crippen LogP contribution is 2.36. The van der Waals surface area contributed by atoms with E-state index in [4.69, 9.17) is 4.52 Å². The Bertz CT molecular complexity index is 847. The molecule has 1 aliphatic carbocycles. The molecule has 2 aromatic heterocycles. The van der Waals surface area contributed by atoms with E-state index in [0.29, 0.717) is 5.95 Å². The fraction of sp³-hybridized carbons (Fsp3) is 0.556. The van der Waals surface area contributed by atoms with Crippen LogP contribution in [-0.4, -0.2) is 40.2 Å². The van der Waals surface area contributed by atoms with Crippen LogP contribution in [-0.2, 0) is 6.42 Å². The fourth-order valence-corrected chi connectivity index (χ4v) is 3.57. The average Bonchev–Trinajstić information content (AvgIpc) is 3.27. The molecule has 0 spiro atoms. The lowest BCUT2D eigenvalue weighted by Crippen LogP contribution is -2.43. The summed E-state index contributed by atoms with van der Waals surface area (Å²) in [6, 6.07) is 3.32. The Kier molecular flexibility index (Phi) is 4.48. The van der Waals surface area contributed by atoms with Crippen LogP contribution in [0.2, 0.25) is 0 Å². The number of anilines is 1. The van der Waals surface area contributed by atoms with Crippen molar-refractivity contribution in [3.8, 4) is 0 Å². The fourth-order valence-electron chi connectivity index (χ4n) is 3.57. The lowest BCUT2D eigenvalue weighted by molar-refractivity contribution is 0.0870. The lowest BCUT2D eigenvalue weighted by atomic mass is 9.78. The molecule has 0 unspecified atom stereocenters. The van der Waals surface area contributed by atoms with E-state index >= 15 is 0 Å². The molecule has 1 aliphatic heterocycles. The van der Waals surface area contributed by atoms with Gasteiger partial charge in [0.1, 0.15) is 0 Å². The monoisotopic (exact) mass is 357 g/mol. The molecule has 0 aromatic carbocycles. The van der Waals surface area contributed by atoms with Crippen LogP contribution in [0.3, 0.4) is 0 Å². The van der Waals surface area contributed by atoms with Gasteiger partial charge in [-0.1, -0.05) is 12.1 Å². The molecule has 2 aliphatic rings. The van der Waals surface area contributed by atoms with E-state index < -0.39 is 0 Å². The van der Waals surface area contributed by atoms with Crippen LogP contribution in [0.5, 0.6) is 0 Å². The minimum Gasteiger partial charge on any atom is -0.351 e. The summed E-state index contributed by atoms with van der Waals surface area (Å²) in [5.41, 5.74) is 1.47. The molecule has 2 N–H and O–H groups in total. The Balaban J connectivity index is 1.37. The number of nitrogens with one attached hydrogen (secondary N) is 2. The number of aromatic amines is 1. The second kappa shape index (κ2) is 6.93. The summed E-state index contributed by atoms with van der Waals surface area (Å²) in [7, 11) is 0. The molecule has 8 nitrogen and oxygen atoms in total. The molecule has 3 heterocycles. The largest absolute Gasteiger partial charge is 0.351 e. The number of nitrogens with zero attached hydrogens (tertiary/aromatic N) is 3. The second-order valence-electron chi connectivity index (χ2n) is 7.06. The maximum Gasteiger partial charge on any atom is 0.290 e. The molecule has 8 heteroatoms. The van der Waals surface area contributed by atoms with Gasteiger partial charge in [0, 0.05) is 37.2 Å². The number of H-pyrrole nitrogens is 1. The molecule has 2 aromatic rings. The average molecular weight is 357 g/mol. The molecule has 0 atom stereocenters. The van der Waals surface area contributed by atoms with E-state index in [2.05, 4.69) is 25.3 Å². The van der Waals surface area contributed by atoms with Crippen molar-refractivity contribution in [3.05, 3.63) is 39.6 Å². The normalized spacial score (nSPS) is 22.3. The van der Waals surface area contributed by atoms with Crippen LogP contribution in [0.25, 0.3) is 0 Å². The van der Waals surface area contributed by atoms with Gasteiger partial charge in [0.25, 0.3) is 11.5 Å². The van der Waals surface area contributed by atoms with Gasteiger partial charge in [0.05, 0.1) is 11.4 Å². The number of amides is 1. The molecule has 4 rings (SSSR count). The maximum absolute atomic E-state index is 12.2. The third-order valence-corrected chi connectivity index (χ3v) is 5.19. The molecule has 0 bridgehead atoms. The highest BCUT2D eigenvalue weighted by Gasteiger charge is 2.34. The lowest BCUT2D eigenvalue weighted by Gasteiger charge is -2.35. The van der Waals surface area contributed by atoms with E-state index in [-0.39, 0.29) is 29.2 Å². The van der Waals surface area contributed by atoms with Crippen molar-refractivity contribution in [1.82, 2.24) is 20.4 Å². The van der Waals surface area contributed by atoms with Gasteiger partial charge in [-0.3, -0.25) is 14.6 Å². The zero-order chi connectivity index (χ0) is 18.1. The highest BCUT2D eigenvalue weighted by atomic mass is 16.5. The summed E-state index contributed by atoms with van der Waals surface area (Å²) in [5.74, 6) is 0.879. The van der Waals surface area contributed by atoms with Crippen LogP contribution in [0.15, 0.2) is 21.5 Å².